The molecule has 6 aliphatic heterocycles. The molecule has 0 amide bonds. The average molecular weight is 610 g/mol. The van der Waals surface area contributed by atoms with E-state index >= 15 is 0 Å². The third kappa shape index (κ3) is 3.21. The van der Waals surface area contributed by atoms with Crippen molar-refractivity contribution >= 4 is 57.2 Å². The summed E-state index contributed by atoms with van der Waals surface area (Å²) in [7, 11) is 0. The van der Waals surface area contributed by atoms with Crippen LogP contribution in [-0.4, -0.2) is 33.9 Å². The van der Waals surface area contributed by atoms with Gasteiger partial charge in [-0.05, 0) is 77.4 Å². The molecule has 6 aliphatic rings. The Morgan fingerprint density at radius 1 is 0.435 bits per heavy atom. The van der Waals surface area contributed by atoms with Crippen molar-refractivity contribution in [2.24, 2.45) is 0 Å². The van der Waals surface area contributed by atoms with Gasteiger partial charge in [0.1, 0.15) is 0 Å². The highest BCUT2D eigenvalue weighted by Gasteiger charge is 2.45. The molecule has 5 aromatic rings. The quantitative estimate of drug-likeness (QED) is 0.250. The lowest BCUT2D eigenvalue weighted by Gasteiger charge is -2.44. The molecule has 6 heterocycles. The maximum Gasteiger partial charge on any atom is 0.252 e. The minimum Gasteiger partial charge on any atom is -0.454 e. The van der Waals surface area contributed by atoms with E-state index < -0.39 is 0 Å². The van der Waals surface area contributed by atoms with Crippen LogP contribution < -0.4 is 64.1 Å². The number of aryl methyl sites for hydroxylation is 1. The summed E-state index contributed by atoms with van der Waals surface area (Å²) in [6.45, 7) is 2.75. The predicted molar refractivity (Wildman–Crippen MR) is 170 cm³/mol. The molecule has 0 aliphatic carbocycles. The normalized spacial score (nSPS) is 16.4. The van der Waals surface area contributed by atoms with Gasteiger partial charge < -0.3 is 47.7 Å². The molecule has 10 nitrogen and oxygen atoms in total. The lowest BCUT2D eigenvalue weighted by atomic mass is 9.33. The predicted octanol–water partition coefficient (Wildman–Crippen LogP) is 4.99. The lowest BCUT2D eigenvalue weighted by molar-refractivity contribution is 0.173. The molecule has 11 rings (SSSR count). The summed E-state index contributed by atoms with van der Waals surface area (Å²) in [5, 5.41) is 0. The molecule has 11 heteroatoms. The first-order chi connectivity index (χ1) is 22.7. The number of hydrogen-bond acceptors (Lipinski definition) is 10. The van der Waals surface area contributed by atoms with Gasteiger partial charge in [-0.15, -0.1) is 0 Å². The Hall–Kier alpha value is -5.84. The number of benzene rings is 5. The van der Waals surface area contributed by atoms with E-state index in [1.54, 1.807) is 0 Å². The maximum atomic E-state index is 5.95. The van der Waals surface area contributed by atoms with Crippen LogP contribution in [-0.2, 0) is 0 Å². The van der Waals surface area contributed by atoms with Crippen LogP contribution in [0, 0.1) is 6.92 Å². The monoisotopic (exact) mass is 610 g/mol. The van der Waals surface area contributed by atoms with Crippen molar-refractivity contribution in [3.8, 4) is 46.0 Å². The van der Waals surface area contributed by atoms with E-state index in [2.05, 4.69) is 65.3 Å². The third-order valence-corrected chi connectivity index (χ3v) is 9.43. The Labute approximate surface area is 263 Å². The number of anilines is 6. The molecular weight excluding hydrogens is 587 g/mol. The van der Waals surface area contributed by atoms with E-state index in [4.69, 9.17) is 37.9 Å². The Balaban J connectivity index is 1.23. The van der Waals surface area contributed by atoms with Crippen molar-refractivity contribution in [3.63, 3.8) is 0 Å². The van der Waals surface area contributed by atoms with Crippen molar-refractivity contribution < 1.29 is 37.9 Å². The summed E-state index contributed by atoms with van der Waals surface area (Å²) < 4.78 is 46.7. The Morgan fingerprint density at radius 3 is 1.28 bits per heavy atom. The topological polar surface area (TPSA) is 80.3 Å². The molecule has 5 aromatic carbocycles. The minimum atomic E-state index is -0.143. The molecule has 0 bridgehead atoms. The van der Waals surface area contributed by atoms with Crippen LogP contribution in [0.2, 0.25) is 0 Å². The zero-order valence-electron chi connectivity index (χ0n) is 24.5. The van der Waals surface area contributed by atoms with Crippen molar-refractivity contribution in [3.05, 3.63) is 78.4 Å². The van der Waals surface area contributed by atoms with Gasteiger partial charge >= 0.3 is 0 Å². The van der Waals surface area contributed by atoms with Gasteiger partial charge in [0.05, 0.1) is 11.4 Å². The van der Waals surface area contributed by atoms with Crippen molar-refractivity contribution in [2.75, 3.05) is 37.0 Å². The molecule has 0 spiro atoms. The van der Waals surface area contributed by atoms with E-state index in [9.17, 15) is 0 Å². The SMILES string of the molecule is Cc1cc2c3c(c1)N(c1ccc4c(c1)OCO4)c1cc4c(cc1B3c1cc3c(cc1N2c1ccc2c(c1)OCO2)OCO3)OCO4. The molecule has 0 fully saturated rings. The first kappa shape index (κ1) is 24.5. The molecule has 0 saturated heterocycles. The highest BCUT2D eigenvalue weighted by molar-refractivity contribution is 7.00. The van der Waals surface area contributed by atoms with Crippen LogP contribution in [0.15, 0.2) is 72.8 Å². The van der Waals surface area contributed by atoms with Crippen molar-refractivity contribution in [2.45, 2.75) is 6.92 Å². The van der Waals surface area contributed by atoms with Crippen LogP contribution in [0.3, 0.4) is 0 Å². The second-order valence-corrected chi connectivity index (χ2v) is 11.9. The molecule has 0 N–H and O–H groups in total. The van der Waals surface area contributed by atoms with E-state index in [1.807, 2.05) is 24.3 Å². The minimum absolute atomic E-state index is 0.143. The Kier molecular flexibility index (Phi) is 4.61. The van der Waals surface area contributed by atoms with E-state index in [0.717, 1.165) is 79.1 Å². The Bertz CT molecular complexity index is 2040. The van der Waals surface area contributed by atoms with Gasteiger partial charge in [-0.3, -0.25) is 0 Å². The first-order valence-electron chi connectivity index (χ1n) is 15.1. The smallest absolute Gasteiger partial charge is 0.252 e. The van der Waals surface area contributed by atoms with Gasteiger partial charge in [0.25, 0.3) is 6.71 Å². The lowest BCUT2D eigenvalue weighted by Crippen LogP contribution is -2.61. The van der Waals surface area contributed by atoms with Gasteiger partial charge in [0.2, 0.25) is 27.2 Å². The van der Waals surface area contributed by atoms with Crippen LogP contribution in [0.5, 0.6) is 46.0 Å². The molecule has 46 heavy (non-hydrogen) atoms. The van der Waals surface area contributed by atoms with Gasteiger partial charge in [-0.25, -0.2) is 0 Å². The molecule has 0 saturated carbocycles. The highest BCUT2D eigenvalue weighted by Crippen LogP contribution is 2.50. The zero-order valence-corrected chi connectivity index (χ0v) is 24.5. The van der Waals surface area contributed by atoms with Gasteiger partial charge in [-0.2, -0.15) is 0 Å². The fraction of sp³-hybridized carbons (Fsp3) is 0.143. The van der Waals surface area contributed by atoms with Gasteiger partial charge in [0.15, 0.2) is 46.0 Å². The summed E-state index contributed by atoms with van der Waals surface area (Å²) >= 11 is 0. The fourth-order valence-electron chi connectivity index (χ4n) is 7.51. The highest BCUT2D eigenvalue weighted by atomic mass is 16.7. The molecular formula is C35H23BN2O8. The van der Waals surface area contributed by atoms with E-state index in [1.165, 1.54) is 0 Å². The second kappa shape index (κ2) is 8.66. The summed E-state index contributed by atoms with van der Waals surface area (Å²) in [6, 6.07) is 25.1. The molecule has 0 atom stereocenters. The van der Waals surface area contributed by atoms with Crippen molar-refractivity contribution in [1.82, 2.24) is 0 Å². The second-order valence-electron chi connectivity index (χ2n) is 11.9. The standard InChI is InChI=1S/C35H23BN2O8/c1-18-6-25-35-26(7-18)38(20-3-5-28-30(9-20)42-15-40-28)24-13-34-32(44-17-46-34)11-22(24)36(35)21-10-31-33(45-16-43-31)12-23(21)37(25)19-2-4-27-29(8-19)41-14-39-27/h2-13H,14-17H2,1H3. The number of nitrogens with zero attached hydrogens (tertiary/aromatic N) is 2. The number of fused-ring (bicyclic) bond motifs is 8. The summed E-state index contributed by atoms with van der Waals surface area (Å²) in [5.74, 6) is 5.76. The van der Waals surface area contributed by atoms with Crippen LogP contribution in [0.1, 0.15) is 5.56 Å². The first-order valence-corrected chi connectivity index (χ1v) is 15.1. The fourth-order valence-corrected chi connectivity index (χ4v) is 7.51. The number of rotatable bonds is 2. The zero-order chi connectivity index (χ0) is 30.1. The molecule has 0 radical (unpaired) electrons. The van der Waals surface area contributed by atoms with E-state index in [0.29, 0.717) is 23.0 Å². The van der Waals surface area contributed by atoms with E-state index in [-0.39, 0.29) is 33.9 Å². The van der Waals surface area contributed by atoms with Crippen LogP contribution in [0.25, 0.3) is 0 Å². The number of ether oxygens (including phenoxy) is 8. The van der Waals surface area contributed by atoms with Crippen molar-refractivity contribution in [1.29, 1.82) is 0 Å². The molecule has 0 unspecified atom stereocenters. The largest absolute Gasteiger partial charge is 0.454 e. The third-order valence-electron chi connectivity index (χ3n) is 9.43. The van der Waals surface area contributed by atoms with Gasteiger partial charge in [-0.1, -0.05) is 0 Å². The average Bonchev–Trinajstić information content (AvgIpc) is 3.89. The molecule has 224 valence electrons. The molecule has 0 aromatic heterocycles. The summed E-state index contributed by atoms with van der Waals surface area (Å²) in [6.07, 6.45) is 0. The summed E-state index contributed by atoms with van der Waals surface area (Å²) in [5.41, 5.74) is 10.4. The van der Waals surface area contributed by atoms with Crippen LogP contribution >= 0.6 is 0 Å². The maximum absolute atomic E-state index is 5.95. The van der Waals surface area contributed by atoms with Crippen LogP contribution in [0.4, 0.5) is 34.1 Å². The Morgan fingerprint density at radius 2 is 0.826 bits per heavy atom. The number of hydrogen-bond donors (Lipinski definition) is 0. The van der Waals surface area contributed by atoms with Gasteiger partial charge in [0, 0.05) is 47.0 Å². The summed E-state index contributed by atoms with van der Waals surface area (Å²) in [4.78, 5) is 4.58.